The summed E-state index contributed by atoms with van der Waals surface area (Å²) in [5.74, 6) is 0. The highest BCUT2D eigenvalue weighted by Gasteiger charge is 2.24. The van der Waals surface area contributed by atoms with Crippen LogP contribution in [-0.2, 0) is 4.79 Å². The van der Waals surface area contributed by atoms with E-state index in [0.717, 1.165) is 5.56 Å². The molecule has 4 heteroatoms. The lowest BCUT2D eigenvalue weighted by molar-refractivity contribution is -0.104. The molecule has 0 fully saturated rings. The van der Waals surface area contributed by atoms with Crippen molar-refractivity contribution in [1.29, 1.82) is 0 Å². The van der Waals surface area contributed by atoms with Gasteiger partial charge in [-0.15, -0.1) is 0 Å². The third-order valence-corrected chi connectivity index (χ3v) is 1.83. The maximum atomic E-state index is 12.0. The van der Waals surface area contributed by atoms with Gasteiger partial charge >= 0.3 is 6.18 Å². The lowest BCUT2D eigenvalue weighted by Crippen LogP contribution is -2.03. The third-order valence-electron chi connectivity index (χ3n) is 1.83. The van der Waals surface area contributed by atoms with Gasteiger partial charge in [0.05, 0.1) is 0 Å². The Labute approximate surface area is 85.2 Å². The molecule has 0 saturated carbocycles. The van der Waals surface area contributed by atoms with E-state index in [1.165, 1.54) is 12.1 Å². The molecule has 1 aromatic rings. The molecule has 1 aromatic carbocycles. The number of halogens is 3. The van der Waals surface area contributed by atoms with Crippen molar-refractivity contribution in [3.63, 3.8) is 0 Å². The van der Waals surface area contributed by atoms with Crippen LogP contribution in [0.25, 0.3) is 5.57 Å². The fraction of sp³-hybridized carbons (Fsp3) is 0.182. The van der Waals surface area contributed by atoms with Gasteiger partial charge in [0.25, 0.3) is 0 Å². The highest BCUT2D eigenvalue weighted by molar-refractivity contribution is 6.07. The molecule has 0 spiro atoms. The maximum absolute atomic E-state index is 12.0. The minimum absolute atomic E-state index is 0.00463. The number of aldehydes is 1. The van der Waals surface area contributed by atoms with Gasteiger partial charge in [-0.2, -0.15) is 13.2 Å². The van der Waals surface area contributed by atoms with Gasteiger partial charge in [-0.3, -0.25) is 4.79 Å². The van der Waals surface area contributed by atoms with Crippen molar-refractivity contribution in [1.82, 2.24) is 0 Å². The first kappa shape index (κ1) is 11.5. The third kappa shape index (κ3) is 3.58. The molecule has 0 atom stereocenters. The second kappa shape index (κ2) is 4.29. The maximum Gasteiger partial charge on any atom is 0.410 e. The van der Waals surface area contributed by atoms with E-state index in [1.54, 1.807) is 12.1 Å². The molecule has 0 amide bonds. The van der Waals surface area contributed by atoms with Gasteiger partial charge < -0.3 is 0 Å². The van der Waals surface area contributed by atoms with Crippen LogP contribution in [0.1, 0.15) is 11.1 Å². The number of aryl methyl sites for hydroxylation is 1. The second-order valence-corrected chi connectivity index (χ2v) is 3.13. The summed E-state index contributed by atoms with van der Waals surface area (Å²) in [6.07, 6.45) is -4.26. The highest BCUT2D eigenvalue weighted by Crippen LogP contribution is 2.22. The van der Waals surface area contributed by atoms with Gasteiger partial charge in [-0.1, -0.05) is 29.8 Å². The summed E-state index contributed by atoms with van der Waals surface area (Å²) in [5.41, 5.74) is 0.839. The number of alkyl halides is 3. The van der Waals surface area contributed by atoms with Crippen LogP contribution in [0.3, 0.4) is 0 Å². The number of allylic oxidation sites excluding steroid dienone is 2. The van der Waals surface area contributed by atoms with Gasteiger partial charge in [-0.25, -0.2) is 0 Å². The van der Waals surface area contributed by atoms with Crippen LogP contribution in [0.15, 0.2) is 30.3 Å². The molecule has 0 radical (unpaired) electrons. The van der Waals surface area contributed by atoms with Crippen molar-refractivity contribution in [3.05, 3.63) is 41.5 Å². The van der Waals surface area contributed by atoms with Gasteiger partial charge in [0.1, 0.15) is 0 Å². The van der Waals surface area contributed by atoms with Crippen molar-refractivity contribution < 1.29 is 18.0 Å². The zero-order valence-corrected chi connectivity index (χ0v) is 8.01. The summed E-state index contributed by atoms with van der Waals surface area (Å²) in [5, 5.41) is 0. The van der Waals surface area contributed by atoms with Crippen molar-refractivity contribution >= 4 is 11.9 Å². The summed E-state index contributed by atoms with van der Waals surface area (Å²) in [6, 6.07) is 6.29. The average molecular weight is 214 g/mol. The Kier molecular flexibility index (Phi) is 3.29. The molecule has 1 rings (SSSR count). The summed E-state index contributed by atoms with van der Waals surface area (Å²) in [7, 11) is 0. The van der Waals surface area contributed by atoms with Crippen LogP contribution in [0.2, 0.25) is 0 Å². The largest absolute Gasteiger partial charge is 0.410 e. The Morgan fingerprint density at radius 3 is 2.13 bits per heavy atom. The SMILES string of the molecule is Cc1ccc(/C(C=O)=C\C(F)(F)F)cc1. The molecular formula is C11H9F3O. The Bertz CT molecular complexity index is 374. The molecule has 0 bridgehead atoms. The lowest BCUT2D eigenvalue weighted by atomic mass is 10.1. The molecule has 0 N–H and O–H groups in total. The first-order valence-corrected chi connectivity index (χ1v) is 4.24. The Morgan fingerprint density at radius 2 is 1.73 bits per heavy atom. The predicted molar refractivity (Wildman–Crippen MR) is 51.3 cm³/mol. The van der Waals surface area contributed by atoms with Crippen molar-refractivity contribution in [2.24, 2.45) is 0 Å². The Hall–Kier alpha value is -1.58. The van der Waals surface area contributed by atoms with Crippen LogP contribution in [-0.4, -0.2) is 12.5 Å². The van der Waals surface area contributed by atoms with Crippen LogP contribution < -0.4 is 0 Å². The summed E-state index contributed by atoms with van der Waals surface area (Å²) >= 11 is 0. The molecule has 0 aromatic heterocycles. The number of rotatable bonds is 2. The van der Waals surface area contributed by atoms with Gasteiger partial charge in [0.15, 0.2) is 6.29 Å². The molecule has 80 valence electrons. The first-order chi connectivity index (χ1) is 6.92. The van der Waals surface area contributed by atoms with Crippen molar-refractivity contribution in [2.75, 3.05) is 0 Å². The van der Waals surface area contributed by atoms with Crippen LogP contribution in [0.5, 0.6) is 0 Å². The summed E-state index contributed by atoms with van der Waals surface area (Å²) in [4.78, 5) is 10.5. The van der Waals surface area contributed by atoms with Crippen molar-refractivity contribution in [2.45, 2.75) is 13.1 Å². The molecule has 0 heterocycles. The molecular weight excluding hydrogens is 205 g/mol. The predicted octanol–water partition coefficient (Wildman–Crippen LogP) is 3.14. The Morgan fingerprint density at radius 1 is 1.20 bits per heavy atom. The summed E-state index contributed by atoms with van der Waals surface area (Å²) in [6.45, 7) is 1.82. The van der Waals surface area contributed by atoms with E-state index in [-0.39, 0.29) is 23.5 Å². The van der Waals surface area contributed by atoms with E-state index >= 15 is 0 Å². The van der Waals surface area contributed by atoms with E-state index < -0.39 is 6.18 Å². The van der Waals surface area contributed by atoms with Gasteiger partial charge in [0.2, 0.25) is 0 Å². The van der Waals surface area contributed by atoms with Crippen LogP contribution >= 0.6 is 0 Å². The molecule has 0 unspecified atom stereocenters. The zero-order chi connectivity index (χ0) is 11.5. The van der Waals surface area contributed by atoms with E-state index in [2.05, 4.69) is 0 Å². The average Bonchev–Trinajstić information content (AvgIpc) is 2.14. The van der Waals surface area contributed by atoms with Crippen LogP contribution in [0, 0.1) is 6.92 Å². The molecule has 1 nitrogen and oxygen atoms in total. The minimum Gasteiger partial charge on any atom is -0.298 e. The summed E-state index contributed by atoms with van der Waals surface area (Å²) < 4.78 is 36.1. The number of carbonyl (C=O) groups is 1. The fourth-order valence-corrected chi connectivity index (χ4v) is 1.11. The minimum atomic E-state index is -4.47. The number of hydrogen-bond donors (Lipinski definition) is 0. The number of benzene rings is 1. The zero-order valence-electron chi connectivity index (χ0n) is 8.01. The first-order valence-electron chi connectivity index (χ1n) is 4.24. The van der Waals surface area contributed by atoms with Crippen LogP contribution in [0.4, 0.5) is 13.2 Å². The van der Waals surface area contributed by atoms with E-state index in [9.17, 15) is 18.0 Å². The normalized spacial score (nSPS) is 12.7. The molecule has 15 heavy (non-hydrogen) atoms. The number of carbonyl (C=O) groups excluding carboxylic acids is 1. The second-order valence-electron chi connectivity index (χ2n) is 3.13. The van der Waals surface area contributed by atoms with E-state index in [0.29, 0.717) is 0 Å². The topological polar surface area (TPSA) is 17.1 Å². The lowest BCUT2D eigenvalue weighted by Gasteiger charge is -2.03. The van der Waals surface area contributed by atoms with Gasteiger partial charge in [-0.05, 0) is 12.5 Å². The standard InChI is InChI=1S/C11H9F3O/c1-8-2-4-9(5-3-8)10(7-15)6-11(12,13)14/h2-7H,1H3/b10-6-. The molecule has 0 aliphatic rings. The number of hydrogen-bond acceptors (Lipinski definition) is 1. The molecule has 0 saturated heterocycles. The van der Waals surface area contributed by atoms with E-state index in [4.69, 9.17) is 0 Å². The quantitative estimate of drug-likeness (QED) is 0.546. The van der Waals surface area contributed by atoms with Crippen molar-refractivity contribution in [3.8, 4) is 0 Å². The van der Waals surface area contributed by atoms with Gasteiger partial charge in [0, 0.05) is 11.6 Å². The fourth-order valence-electron chi connectivity index (χ4n) is 1.11. The highest BCUT2D eigenvalue weighted by atomic mass is 19.4. The molecule has 0 aliphatic carbocycles. The molecule has 0 aliphatic heterocycles. The smallest absolute Gasteiger partial charge is 0.298 e. The Balaban J connectivity index is 3.08. The monoisotopic (exact) mass is 214 g/mol. The van der Waals surface area contributed by atoms with E-state index in [1.807, 2.05) is 6.92 Å².